The van der Waals surface area contributed by atoms with Crippen molar-refractivity contribution in [2.45, 2.75) is 0 Å². The average Bonchev–Trinajstić information content (AvgIpc) is 2.77. The quantitative estimate of drug-likeness (QED) is 0.376. The van der Waals surface area contributed by atoms with Gasteiger partial charge in [0.1, 0.15) is 5.70 Å². The number of hydrogen-bond donors (Lipinski definition) is 0. The van der Waals surface area contributed by atoms with Crippen molar-refractivity contribution in [3.05, 3.63) is 23.9 Å². The maximum atomic E-state index is 11.4. The minimum atomic E-state index is -0.567. The smallest absolute Gasteiger partial charge is 0.354 e. The molecular formula is C10H13NO4. The molecule has 0 amide bonds. The van der Waals surface area contributed by atoms with Gasteiger partial charge in [0.2, 0.25) is 0 Å². The molecule has 0 atom stereocenters. The Bertz CT molecular complexity index is 311. The number of esters is 2. The van der Waals surface area contributed by atoms with Crippen LogP contribution in [0.15, 0.2) is 23.9 Å². The van der Waals surface area contributed by atoms with E-state index in [0.29, 0.717) is 13.1 Å². The highest BCUT2D eigenvalue weighted by molar-refractivity contribution is 5.95. The highest BCUT2D eigenvalue weighted by Gasteiger charge is 2.20. The molecular weight excluding hydrogens is 198 g/mol. The van der Waals surface area contributed by atoms with E-state index in [1.807, 2.05) is 12.2 Å². The van der Waals surface area contributed by atoms with Crippen LogP contribution in [0.5, 0.6) is 0 Å². The predicted octanol–water partition coefficient (Wildman–Crippen LogP) is 0.0881. The Kier molecular flexibility index (Phi) is 3.91. The first-order valence-corrected chi connectivity index (χ1v) is 4.47. The van der Waals surface area contributed by atoms with Crippen molar-refractivity contribution in [2.75, 3.05) is 27.3 Å². The molecule has 1 heterocycles. The summed E-state index contributed by atoms with van der Waals surface area (Å²) in [5.41, 5.74) is 0.217. The Morgan fingerprint density at radius 2 is 1.80 bits per heavy atom. The third-order valence-electron chi connectivity index (χ3n) is 2.01. The zero-order valence-electron chi connectivity index (χ0n) is 8.73. The van der Waals surface area contributed by atoms with E-state index in [9.17, 15) is 9.59 Å². The van der Waals surface area contributed by atoms with Gasteiger partial charge in [0.05, 0.1) is 20.3 Å². The van der Waals surface area contributed by atoms with E-state index in [0.717, 1.165) is 6.08 Å². The van der Waals surface area contributed by atoms with Gasteiger partial charge >= 0.3 is 11.9 Å². The number of methoxy groups -OCH3 is 2. The van der Waals surface area contributed by atoms with Gasteiger partial charge in [-0.3, -0.25) is 0 Å². The summed E-state index contributed by atoms with van der Waals surface area (Å²) in [4.78, 5) is 24.2. The van der Waals surface area contributed by atoms with Crippen LogP contribution in [0.1, 0.15) is 0 Å². The van der Waals surface area contributed by atoms with Crippen molar-refractivity contribution in [2.24, 2.45) is 0 Å². The lowest BCUT2D eigenvalue weighted by Crippen LogP contribution is -2.27. The molecule has 5 heteroatoms. The third kappa shape index (κ3) is 2.83. The molecule has 0 N–H and O–H groups in total. The molecule has 15 heavy (non-hydrogen) atoms. The van der Waals surface area contributed by atoms with E-state index >= 15 is 0 Å². The van der Waals surface area contributed by atoms with Gasteiger partial charge in [-0.1, -0.05) is 12.2 Å². The number of ether oxygens (including phenoxy) is 2. The van der Waals surface area contributed by atoms with Crippen LogP contribution in [0, 0.1) is 0 Å². The van der Waals surface area contributed by atoms with Gasteiger partial charge in [-0.25, -0.2) is 9.59 Å². The summed E-state index contributed by atoms with van der Waals surface area (Å²) in [5.74, 6) is -1.11. The second kappa shape index (κ2) is 5.19. The number of carbonyl (C=O) groups is 2. The van der Waals surface area contributed by atoms with Crippen molar-refractivity contribution >= 4 is 11.9 Å². The van der Waals surface area contributed by atoms with Gasteiger partial charge < -0.3 is 14.4 Å². The summed E-state index contributed by atoms with van der Waals surface area (Å²) in [7, 11) is 2.53. The van der Waals surface area contributed by atoms with Crippen LogP contribution in [-0.4, -0.2) is 44.1 Å². The molecule has 0 bridgehead atoms. The minimum absolute atomic E-state index is 0.217. The van der Waals surface area contributed by atoms with Gasteiger partial charge in [-0.15, -0.1) is 0 Å². The van der Waals surface area contributed by atoms with Gasteiger partial charge in [-0.05, 0) is 0 Å². The van der Waals surface area contributed by atoms with E-state index in [1.54, 1.807) is 4.90 Å². The van der Waals surface area contributed by atoms with E-state index in [2.05, 4.69) is 9.47 Å². The van der Waals surface area contributed by atoms with Crippen LogP contribution in [0.4, 0.5) is 0 Å². The highest BCUT2D eigenvalue weighted by atomic mass is 16.5. The van der Waals surface area contributed by atoms with Crippen LogP contribution in [0.2, 0.25) is 0 Å². The predicted molar refractivity (Wildman–Crippen MR) is 52.8 cm³/mol. The molecule has 0 aliphatic carbocycles. The van der Waals surface area contributed by atoms with Crippen LogP contribution in [0.3, 0.4) is 0 Å². The number of hydrogen-bond acceptors (Lipinski definition) is 5. The molecule has 0 spiro atoms. The molecule has 1 aliphatic heterocycles. The highest BCUT2D eigenvalue weighted by Crippen LogP contribution is 2.11. The molecule has 82 valence electrons. The van der Waals surface area contributed by atoms with Gasteiger partial charge in [0.15, 0.2) is 0 Å². The fraction of sp³-hybridized carbons (Fsp3) is 0.400. The molecule has 0 fully saturated rings. The summed E-state index contributed by atoms with van der Waals surface area (Å²) < 4.78 is 9.05. The molecule has 0 saturated heterocycles. The summed E-state index contributed by atoms with van der Waals surface area (Å²) in [6.07, 6.45) is 4.96. The van der Waals surface area contributed by atoms with Gasteiger partial charge in [0, 0.05) is 13.1 Å². The van der Waals surface area contributed by atoms with Crippen molar-refractivity contribution in [3.63, 3.8) is 0 Å². The van der Waals surface area contributed by atoms with Crippen LogP contribution < -0.4 is 0 Å². The zero-order valence-corrected chi connectivity index (χ0v) is 8.73. The topological polar surface area (TPSA) is 55.8 Å². The van der Waals surface area contributed by atoms with E-state index < -0.39 is 11.9 Å². The second-order valence-electron chi connectivity index (χ2n) is 2.92. The fourth-order valence-corrected chi connectivity index (χ4v) is 1.23. The largest absolute Gasteiger partial charge is 0.466 e. The molecule has 0 aromatic rings. The molecule has 1 rings (SSSR count). The summed E-state index contributed by atoms with van der Waals surface area (Å²) in [5, 5.41) is 0. The van der Waals surface area contributed by atoms with Crippen LogP contribution in [0.25, 0.3) is 0 Å². The number of nitrogens with zero attached hydrogens (tertiary/aromatic N) is 1. The van der Waals surface area contributed by atoms with Crippen LogP contribution >= 0.6 is 0 Å². The van der Waals surface area contributed by atoms with Crippen molar-refractivity contribution < 1.29 is 19.1 Å². The minimum Gasteiger partial charge on any atom is -0.466 e. The summed E-state index contributed by atoms with van der Waals surface area (Å²) >= 11 is 0. The second-order valence-corrected chi connectivity index (χ2v) is 2.92. The summed E-state index contributed by atoms with van der Waals surface area (Å²) in [6.45, 7) is 1.19. The maximum Gasteiger partial charge on any atom is 0.354 e. The van der Waals surface area contributed by atoms with Crippen molar-refractivity contribution in [3.8, 4) is 0 Å². The Morgan fingerprint density at radius 1 is 1.20 bits per heavy atom. The maximum absolute atomic E-state index is 11.4. The van der Waals surface area contributed by atoms with Gasteiger partial charge in [-0.2, -0.15) is 0 Å². The Balaban J connectivity index is 2.82. The van der Waals surface area contributed by atoms with Crippen molar-refractivity contribution in [1.82, 2.24) is 4.90 Å². The third-order valence-corrected chi connectivity index (χ3v) is 2.01. The summed E-state index contributed by atoms with van der Waals surface area (Å²) in [6, 6.07) is 0. The number of carbonyl (C=O) groups excluding carboxylic acids is 2. The lowest BCUT2D eigenvalue weighted by Gasteiger charge is -2.18. The Hall–Kier alpha value is -1.78. The number of rotatable bonds is 3. The van der Waals surface area contributed by atoms with E-state index in [-0.39, 0.29) is 5.70 Å². The molecule has 0 aromatic heterocycles. The molecule has 0 unspecified atom stereocenters. The van der Waals surface area contributed by atoms with E-state index in [1.165, 1.54) is 14.2 Å². The normalized spacial score (nSPS) is 15.3. The average molecular weight is 211 g/mol. The van der Waals surface area contributed by atoms with Crippen LogP contribution in [-0.2, 0) is 19.1 Å². The monoisotopic (exact) mass is 211 g/mol. The Labute approximate surface area is 87.9 Å². The molecule has 0 radical (unpaired) electrons. The first-order chi connectivity index (χ1) is 7.19. The Morgan fingerprint density at radius 3 is 2.27 bits per heavy atom. The first-order valence-electron chi connectivity index (χ1n) is 4.47. The molecule has 5 nitrogen and oxygen atoms in total. The lowest BCUT2D eigenvalue weighted by atomic mass is 10.3. The molecule has 1 aliphatic rings. The van der Waals surface area contributed by atoms with Crippen molar-refractivity contribution in [1.29, 1.82) is 0 Å². The van der Waals surface area contributed by atoms with E-state index in [4.69, 9.17) is 0 Å². The fourth-order valence-electron chi connectivity index (χ4n) is 1.23. The SMILES string of the molecule is COC(=O)/C=C(\C(=O)OC)N1CC=CC1. The zero-order chi connectivity index (χ0) is 11.3. The lowest BCUT2D eigenvalue weighted by molar-refractivity contribution is -0.139. The molecule has 0 saturated carbocycles. The standard InChI is InChI=1S/C10H13NO4/c1-14-9(12)7-8(10(13)15-2)11-5-3-4-6-11/h3-4,7H,5-6H2,1-2H3/b8-7+. The first kappa shape index (κ1) is 11.3. The molecule has 0 aromatic carbocycles. The van der Waals surface area contributed by atoms with Gasteiger partial charge in [0.25, 0.3) is 0 Å².